The number of amides is 2. The van der Waals surface area contributed by atoms with Crippen molar-refractivity contribution in [1.29, 1.82) is 0 Å². The highest BCUT2D eigenvalue weighted by Gasteiger charge is 2.39. The van der Waals surface area contributed by atoms with Gasteiger partial charge in [0.05, 0.1) is 13.2 Å². The van der Waals surface area contributed by atoms with Crippen LogP contribution in [0.1, 0.15) is 24.8 Å². The molecule has 2 aliphatic heterocycles. The van der Waals surface area contributed by atoms with Crippen LogP contribution in [0.4, 0.5) is 4.79 Å². The standard InChI is InChI=1S/C19H29N3O3/c1-21-10-7-18(8-11-21,16-5-3-2-4-6-16)13-20-17(24)22-12-9-19(25,14-22)15-23/h2-6,23,25H,7-15H2,1H3,(H,20,24)/t19-/m0/s1. The van der Waals surface area contributed by atoms with Gasteiger partial charge in [0.1, 0.15) is 5.60 Å². The Labute approximate surface area is 149 Å². The van der Waals surface area contributed by atoms with Crippen LogP contribution in [-0.4, -0.2) is 78.0 Å². The lowest BCUT2D eigenvalue weighted by Crippen LogP contribution is -2.51. The molecule has 0 radical (unpaired) electrons. The number of likely N-dealkylation sites (tertiary alicyclic amines) is 2. The van der Waals surface area contributed by atoms with Crippen molar-refractivity contribution in [3.05, 3.63) is 35.9 Å². The maximum Gasteiger partial charge on any atom is 0.317 e. The molecule has 3 rings (SSSR count). The smallest absolute Gasteiger partial charge is 0.317 e. The van der Waals surface area contributed by atoms with E-state index in [-0.39, 0.29) is 24.6 Å². The maximum atomic E-state index is 12.5. The third-order valence-electron chi connectivity index (χ3n) is 5.82. The molecule has 0 unspecified atom stereocenters. The lowest BCUT2D eigenvalue weighted by Gasteiger charge is -2.41. The van der Waals surface area contributed by atoms with Gasteiger partial charge in [-0.3, -0.25) is 0 Å². The molecule has 1 aromatic carbocycles. The Balaban J connectivity index is 1.67. The van der Waals surface area contributed by atoms with Crippen molar-refractivity contribution in [3.8, 4) is 0 Å². The van der Waals surface area contributed by atoms with Crippen molar-refractivity contribution >= 4 is 6.03 Å². The average Bonchev–Trinajstić information content (AvgIpc) is 3.05. The van der Waals surface area contributed by atoms with E-state index in [1.54, 1.807) is 4.90 Å². The number of carbonyl (C=O) groups excluding carboxylic acids is 1. The Hall–Kier alpha value is -1.63. The molecule has 0 bridgehead atoms. The highest BCUT2D eigenvalue weighted by Crippen LogP contribution is 2.34. The number of aliphatic hydroxyl groups is 2. The normalized spacial score (nSPS) is 26.6. The first kappa shape index (κ1) is 18.2. The van der Waals surface area contributed by atoms with Gasteiger partial charge in [-0.25, -0.2) is 4.79 Å². The van der Waals surface area contributed by atoms with Crippen LogP contribution in [0.25, 0.3) is 0 Å². The van der Waals surface area contributed by atoms with Gasteiger partial charge in [0.2, 0.25) is 0 Å². The maximum absolute atomic E-state index is 12.5. The zero-order valence-corrected chi connectivity index (χ0v) is 14.9. The van der Waals surface area contributed by atoms with Crippen molar-refractivity contribution in [2.24, 2.45) is 0 Å². The highest BCUT2D eigenvalue weighted by atomic mass is 16.3. The van der Waals surface area contributed by atoms with Gasteiger partial charge < -0.3 is 25.3 Å². The van der Waals surface area contributed by atoms with E-state index in [0.29, 0.717) is 19.5 Å². The minimum atomic E-state index is -1.15. The molecule has 0 saturated carbocycles. The summed E-state index contributed by atoms with van der Waals surface area (Å²) in [5, 5.41) is 22.5. The molecule has 2 saturated heterocycles. The molecule has 138 valence electrons. The zero-order chi connectivity index (χ0) is 17.9. The molecule has 2 heterocycles. The van der Waals surface area contributed by atoms with Crippen LogP contribution in [0.15, 0.2) is 30.3 Å². The number of hydrogen-bond donors (Lipinski definition) is 3. The predicted molar refractivity (Wildman–Crippen MR) is 96.5 cm³/mol. The molecule has 1 atom stereocenters. The first-order valence-electron chi connectivity index (χ1n) is 9.07. The van der Waals surface area contributed by atoms with E-state index in [9.17, 15) is 15.0 Å². The highest BCUT2D eigenvalue weighted by molar-refractivity contribution is 5.74. The molecule has 6 nitrogen and oxygen atoms in total. The molecule has 2 fully saturated rings. The summed E-state index contributed by atoms with van der Waals surface area (Å²) in [7, 11) is 2.13. The number of benzene rings is 1. The van der Waals surface area contributed by atoms with E-state index in [2.05, 4.69) is 41.5 Å². The number of urea groups is 1. The number of nitrogens with zero attached hydrogens (tertiary/aromatic N) is 2. The predicted octanol–water partition coefficient (Wildman–Crippen LogP) is 0.789. The molecule has 2 aliphatic rings. The van der Waals surface area contributed by atoms with Crippen LogP contribution in [0.3, 0.4) is 0 Å². The molecular weight excluding hydrogens is 318 g/mol. The second kappa shape index (κ2) is 7.32. The monoisotopic (exact) mass is 347 g/mol. The second-order valence-electron chi connectivity index (χ2n) is 7.66. The molecule has 6 heteroatoms. The zero-order valence-electron chi connectivity index (χ0n) is 14.9. The summed E-state index contributed by atoms with van der Waals surface area (Å²) in [6, 6.07) is 10.3. The fourth-order valence-corrected chi connectivity index (χ4v) is 3.92. The van der Waals surface area contributed by atoms with E-state index < -0.39 is 5.60 Å². The SMILES string of the molecule is CN1CCC(CNC(=O)N2CC[C@@](O)(CO)C2)(c2ccccc2)CC1. The summed E-state index contributed by atoms with van der Waals surface area (Å²) < 4.78 is 0. The fraction of sp³-hybridized carbons (Fsp3) is 0.632. The summed E-state index contributed by atoms with van der Waals surface area (Å²) in [5.41, 5.74) is 0.0787. The van der Waals surface area contributed by atoms with Crippen LogP contribution in [0.2, 0.25) is 0 Å². The van der Waals surface area contributed by atoms with Gasteiger partial charge in [0.15, 0.2) is 0 Å². The molecule has 2 amide bonds. The average molecular weight is 347 g/mol. The summed E-state index contributed by atoms with van der Waals surface area (Å²) in [6.07, 6.45) is 2.44. The number of aliphatic hydroxyl groups excluding tert-OH is 1. The Morgan fingerprint density at radius 1 is 1.16 bits per heavy atom. The number of hydrogen-bond acceptors (Lipinski definition) is 4. The van der Waals surface area contributed by atoms with E-state index in [4.69, 9.17) is 0 Å². The molecular formula is C19H29N3O3. The van der Waals surface area contributed by atoms with Gasteiger partial charge in [-0.1, -0.05) is 30.3 Å². The first-order chi connectivity index (χ1) is 12.0. The minimum Gasteiger partial charge on any atom is -0.393 e. The lowest BCUT2D eigenvalue weighted by atomic mass is 9.72. The van der Waals surface area contributed by atoms with Gasteiger partial charge in [0, 0.05) is 18.5 Å². The van der Waals surface area contributed by atoms with Crippen molar-refractivity contribution in [3.63, 3.8) is 0 Å². The minimum absolute atomic E-state index is 0.0452. The summed E-state index contributed by atoms with van der Waals surface area (Å²) >= 11 is 0. The largest absolute Gasteiger partial charge is 0.393 e. The Bertz CT molecular complexity index is 587. The van der Waals surface area contributed by atoms with Gasteiger partial charge in [-0.05, 0) is 45.0 Å². The third kappa shape index (κ3) is 3.97. The molecule has 0 aliphatic carbocycles. The Kier molecular flexibility index (Phi) is 5.32. The van der Waals surface area contributed by atoms with E-state index in [0.717, 1.165) is 25.9 Å². The van der Waals surface area contributed by atoms with E-state index >= 15 is 0 Å². The Morgan fingerprint density at radius 3 is 2.44 bits per heavy atom. The van der Waals surface area contributed by atoms with Crippen molar-refractivity contribution in [2.75, 3.05) is 46.4 Å². The van der Waals surface area contributed by atoms with Crippen LogP contribution in [-0.2, 0) is 5.41 Å². The molecule has 25 heavy (non-hydrogen) atoms. The third-order valence-corrected chi connectivity index (χ3v) is 5.82. The number of piperidine rings is 1. The molecule has 1 aromatic rings. The summed E-state index contributed by atoms with van der Waals surface area (Å²) in [5.74, 6) is 0. The summed E-state index contributed by atoms with van der Waals surface area (Å²) in [4.78, 5) is 16.5. The molecule has 3 N–H and O–H groups in total. The molecule has 0 aromatic heterocycles. The van der Waals surface area contributed by atoms with Crippen molar-refractivity contribution < 1.29 is 15.0 Å². The topological polar surface area (TPSA) is 76.0 Å². The van der Waals surface area contributed by atoms with E-state index in [1.165, 1.54) is 5.56 Å². The van der Waals surface area contributed by atoms with Gasteiger partial charge >= 0.3 is 6.03 Å². The lowest BCUT2D eigenvalue weighted by molar-refractivity contribution is -0.00284. The Morgan fingerprint density at radius 2 is 1.84 bits per heavy atom. The number of rotatable bonds is 4. The van der Waals surface area contributed by atoms with Crippen LogP contribution >= 0.6 is 0 Å². The van der Waals surface area contributed by atoms with Crippen molar-refractivity contribution in [1.82, 2.24) is 15.1 Å². The number of nitrogens with one attached hydrogen (secondary N) is 1. The number of carbonyl (C=O) groups is 1. The second-order valence-corrected chi connectivity index (χ2v) is 7.66. The number of β-amino-alcohol motifs (C(OH)–C–C–N with tert-alkyl or cyclic N) is 1. The van der Waals surface area contributed by atoms with Crippen LogP contribution in [0.5, 0.6) is 0 Å². The molecule has 0 spiro atoms. The van der Waals surface area contributed by atoms with Crippen molar-refractivity contribution in [2.45, 2.75) is 30.3 Å². The fourth-order valence-electron chi connectivity index (χ4n) is 3.92. The van der Waals surface area contributed by atoms with Crippen LogP contribution in [0, 0.1) is 0 Å². The van der Waals surface area contributed by atoms with Gasteiger partial charge in [-0.15, -0.1) is 0 Å². The van der Waals surface area contributed by atoms with Gasteiger partial charge in [0.25, 0.3) is 0 Å². The van der Waals surface area contributed by atoms with Crippen LogP contribution < -0.4 is 5.32 Å². The quantitative estimate of drug-likeness (QED) is 0.753. The van der Waals surface area contributed by atoms with Gasteiger partial charge in [-0.2, -0.15) is 0 Å². The summed E-state index contributed by atoms with van der Waals surface area (Å²) in [6.45, 7) is 2.98. The van der Waals surface area contributed by atoms with E-state index in [1.807, 2.05) is 6.07 Å². The first-order valence-corrected chi connectivity index (χ1v) is 9.07.